The van der Waals surface area contributed by atoms with Crippen LogP contribution in [0.5, 0.6) is 5.75 Å². The minimum absolute atomic E-state index is 0.367. The number of thiazole rings is 1. The Morgan fingerprint density at radius 1 is 1.38 bits per heavy atom. The van der Waals surface area contributed by atoms with E-state index in [-0.39, 0.29) is 0 Å². The molecule has 0 saturated carbocycles. The first kappa shape index (κ1) is 13.7. The van der Waals surface area contributed by atoms with Crippen molar-refractivity contribution >= 4 is 16.3 Å². The van der Waals surface area contributed by atoms with Crippen LogP contribution in [0.3, 0.4) is 0 Å². The molecule has 0 N–H and O–H groups in total. The van der Waals surface area contributed by atoms with E-state index in [0.29, 0.717) is 6.42 Å². The van der Waals surface area contributed by atoms with Gasteiger partial charge >= 0.3 is 0 Å². The van der Waals surface area contributed by atoms with Crippen LogP contribution in [0.25, 0.3) is 16.2 Å². The summed E-state index contributed by atoms with van der Waals surface area (Å²) < 4.78 is 7.40. The first-order chi connectivity index (χ1) is 10.2. The van der Waals surface area contributed by atoms with E-state index in [1.165, 1.54) is 0 Å². The van der Waals surface area contributed by atoms with Crippen LogP contribution >= 0.6 is 11.3 Å². The number of hydrogen-bond acceptors (Lipinski definition) is 4. The maximum atomic E-state index is 9.03. The lowest BCUT2D eigenvalue weighted by Crippen LogP contribution is -1.95. The largest absolute Gasteiger partial charge is 0.496 e. The number of methoxy groups -OCH3 is 1. The first-order valence-corrected chi connectivity index (χ1v) is 7.51. The van der Waals surface area contributed by atoms with E-state index in [1.807, 2.05) is 26.0 Å². The normalized spacial score (nSPS) is 10.8. The average Bonchev–Trinajstić information content (AvgIpc) is 2.99. The Morgan fingerprint density at radius 3 is 2.86 bits per heavy atom. The van der Waals surface area contributed by atoms with Gasteiger partial charge < -0.3 is 4.74 Å². The van der Waals surface area contributed by atoms with Crippen molar-refractivity contribution in [3.63, 3.8) is 0 Å². The molecule has 0 saturated heterocycles. The second kappa shape index (κ2) is 5.23. The Bertz CT molecular complexity index is 854. The molecule has 3 rings (SSSR count). The zero-order chi connectivity index (χ0) is 15.0. The van der Waals surface area contributed by atoms with Crippen LogP contribution in [-0.2, 0) is 6.42 Å². The Balaban J connectivity index is 2.21. The molecule has 21 heavy (non-hydrogen) atoms. The smallest absolute Gasteiger partial charge is 0.194 e. The van der Waals surface area contributed by atoms with Gasteiger partial charge in [0.15, 0.2) is 4.96 Å². The zero-order valence-electron chi connectivity index (χ0n) is 12.2. The van der Waals surface area contributed by atoms with Gasteiger partial charge in [0.05, 0.1) is 36.7 Å². The molecule has 2 aromatic heterocycles. The molecule has 3 aromatic rings. The van der Waals surface area contributed by atoms with E-state index in [1.54, 1.807) is 18.4 Å². The van der Waals surface area contributed by atoms with Crippen LogP contribution in [0.4, 0.5) is 0 Å². The third-order valence-electron chi connectivity index (χ3n) is 3.60. The summed E-state index contributed by atoms with van der Waals surface area (Å²) in [5.41, 5.74) is 5.17. The molecular weight excluding hydrogens is 282 g/mol. The van der Waals surface area contributed by atoms with Gasteiger partial charge in [0.2, 0.25) is 0 Å². The van der Waals surface area contributed by atoms with E-state index in [9.17, 15) is 0 Å². The standard InChI is InChI=1S/C16H15N3OS/c1-10-8-12(4-5-15(10)20-3)14-9-21-16-18-11(2)13(6-7-17)19(14)16/h4-5,8-9H,6H2,1-3H3. The van der Waals surface area contributed by atoms with Gasteiger partial charge in [-0.15, -0.1) is 11.3 Å². The molecule has 0 aliphatic rings. The summed E-state index contributed by atoms with van der Waals surface area (Å²) in [5, 5.41) is 11.1. The van der Waals surface area contributed by atoms with Crippen molar-refractivity contribution in [2.24, 2.45) is 0 Å². The zero-order valence-corrected chi connectivity index (χ0v) is 13.0. The first-order valence-electron chi connectivity index (χ1n) is 6.63. The predicted molar refractivity (Wildman–Crippen MR) is 83.8 cm³/mol. The maximum Gasteiger partial charge on any atom is 0.194 e. The number of aromatic nitrogens is 2. The molecule has 0 atom stereocenters. The summed E-state index contributed by atoms with van der Waals surface area (Å²) in [6.45, 7) is 3.98. The van der Waals surface area contributed by atoms with Gasteiger partial charge in [-0.3, -0.25) is 4.40 Å². The summed E-state index contributed by atoms with van der Waals surface area (Å²) in [4.78, 5) is 5.47. The summed E-state index contributed by atoms with van der Waals surface area (Å²) in [6, 6.07) is 8.34. The van der Waals surface area contributed by atoms with Crippen LogP contribution in [0.15, 0.2) is 23.6 Å². The highest BCUT2D eigenvalue weighted by Crippen LogP contribution is 2.31. The van der Waals surface area contributed by atoms with Crippen molar-refractivity contribution in [2.45, 2.75) is 20.3 Å². The molecule has 0 aliphatic carbocycles. The van der Waals surface area contributed by atoms with Gasteiger partial charge in [-0.25, -0.2) is 4.98 Å². The third kappa shape index (κ3) is 2.18. The van der Waals surface area contributed by atoms with Crippen molar-refractivity contribution in [3.05, 3.63) is 40.5 Å². The lowest BCUT2D eigenvalue weighted by Gasteiger charge is -2.08. The second-order valence-electron chi connectivity index (χ2n) is 4.90. The average molecular weight is 297 g/mol. The summed E-state index contributed by atoms with van der Waals surface area (Å²) in [7, 11) is 1.68. The highest BCUT2D eigenvalue weighted by molar-refractivity contribution is 7.15. The van der Waals surface area contributed by atoms with Gasteiger partial charge in [0.1, 0.15) is 5.75 Å². The van der Waals surface area contributed by atoms with E-state index in [0.717, 1.165) is 38.9 Å². The van der Waals surface area contributed by atoms with Crippen molar-refractivity contribution < 1.29 is 4.74 Å². The number of nitriles is 1. The van der Waals surface area contributed by atoms with Gasteiger partial charge in [-0.05, 0) is 43.2 Å². The maximum absolute atomic E-state index is 9.03. The van der Waals surface area contributed by atoms with Crippen molar-refractivity contribution in [1.29, 1.82) is 5.26 Å². The summed E-state index contributed by atoms with van der Waals surface area (Å²) in [6.07, 6.45) is 0.367. The summed E-state index contributed by atoms with van der Waals surface area (Å²) in [5.74, 6) is 0.879. The van der Waals surface area contributed by atoms with Gasteiger partial charge in [0, 0.05) is 5.38 Å². The van der Waals surface area contributed by atoms with Crippen LogP contribution in [0, 0.1) is 25.2 Å². The van der Waals surface area contributed by atoms with Crippen LogP contribution in [-0.4, -0.2) is 16.5 Å². The lowest BCUT2D eigenvalue weighted by molar-refractivity contribution is 0.412. The number of ether oxygens (including phenoxy) is 1. The fourth-order valence-electron chi connectivity index (χ4n) is 2.54. The van der Waals surface area contributed by atoms with Crippen LogP contribution in [0.1, 0.15) is 17.0 Å². The molecule has 2 heterocycles. The molecule has 5 heteroatoms. The Morgan fingerprint density at radius 2 is 2.19 bits per heavy atom. The fraction of sp³-hybridized carbons (Fsp3) is 0.250. The number of rotatable bonds is 3. The molecule has 106 valence electrons. The Labute approximate surface area is 127 Å². The molecule has 0 fully saturated rings. The van der Waals surface area contributed by atoms with Gasteiger partial charge in [0.25, 0.3) is 0 Å². The number of aryl methyl sites for hydroxylation is 2. The molecule has 1 aromatic carbocycles. The molecule has 0 unspecified atom stereocenters. The van der Waals surface area contributed by atoms with Gasteiger partial charge in [-0.1, -0.05) is 0 Å². The quantitative estimate of drug-likeness (QED) is 0.739. The lowest BCUT2D eigenvalue weighted by atomic mass is 10.1. The minimum atomic E-state index is 0.367. The van der Waals surface area contributed by atoms with Gasteiger partial charge in [-0.2, -0.15) is 5.26 Å². The topological polar surface area (TPSA) is 50.3 Å². The molecule has 0 spiro atoms. The number of benzene rings is 1. The number of nitrogens with zero attached hydrogens (tertiary/aromatic N) is 3. The molecular formula is C16H15N3OS. The third-order valence-corrected chi connectivity index (χ3v) is 4.42. The van der Waals surface area contributed by atoms with Crippen molar-refractivity contribution in [1.82, 2.24) is 9.38 Å². The highest BCUT2D eigenvalue weighted by Gasteiger charge is 2.15. The highest BCUT2D eigenvalue weighted by atomic mass is 32.1. The predicted octanol–water partition coefficient (Wildman–Crippen LogP) is 3.75. The van der Waals surface area contributed by atoms with E-state index >= 15 is 0 Å². The van der Waals surface area contributed by atoms with Crippen molar-refractivity contribution in [2.75, 3.05) is 7.11 Å². The van der Waals surface area contributed by atoms with Crippen molar-refractivity contribution in [3.8, 4) is 23.1 Å². The second-order valence-corrected chi connectivity index (χ2v) is 5.74. The molecule has 0 amide bonds. The molecule has 0 aliphatic heterocycles. The SMILES string of the molecule is COc1ccc(-c2csc3nc(C)c(CC#N)n23)cc1C. The monoisotopic (exact) mass is 297 g/mol. The number of fused-ring (bicyclic) bond motifs is 1. The van der Waals surface area contributed by atoms with Crippen LogP contribution < -0.4 is 4.74 Å². The number of imidazole rings is 1. The minimum Gasteiger partial charge on any atom is -0.496 e. The van der Waals surface area contributed by atoms with E-state index < -0.39 is 0 Å². The Hall–Kier alpha value is -2.32. The number of hydrogen-bond donors (Lipinski definition) is 0. The van der Waals surface area contributed by atoms with E-state index in [2.05, 4.69) is 26.9 Å². The Kier molecular flexibility index (Phi) is 3.40. The fourth-order valence-corrected chi connectivity index (χ4v) is 3.50. The van der Waals surface area contributed by atoms with Crippen LogP contribution in [0.2, 0.25) is 0 Å². The molecule has 0 radical (unpaired) electrons. The van der Waals surface area contributed by atoms with E-state index in [4.69, 9.17) is 10.00 Å². The molecule has 4 nitrogen and oxygen atoms in total. The molecule has 0 bridgehead atoms. The summed E-state index contributed by atoms with van der Waals surface area (Å²) >= 11 is 1.60.